The van der Waals surface area contributed by atoms with E-state index in [0.717, 1.165) is 18.4 Å². The molecule has 0 radical (unpaired) electrons. The summed E-state index contributed by atoms with van der Waals surface area (Å²) in [5, 5.41) is 2.56. The fourth-order valence-electron chi connectivity index (χ4n) is 3.11. The Morgan fingerprint density at radius 1 is 1.06 bits per heavy atom. The zero-order chi connectivity index (χ0) is 22.3. The smallest absolute Gasteiger partial charge is 0.309 e. The van der Waals surface area contributed by atoms with Gasteiger partial charge in [0.1, 0.15) is 5.75 Å². The summed E-state index contributed by atoms with van der Waals surface area (Å²) in [6, 6.07) is 13.5. The number of amides is 1. The number of rotatable bonds is 9. The van der Waals surface area contributed by atoms with E-state index in [4.69, 9.17) is 9.47 Å². The first-order valence-electron chi connectivity index (χ1n) is 10.1. The van der Waals surface area contributed by atoms with Gasteiger partial charge in [0.2, 0.25) is 10.0 Å². The Hall–Kier alpha value is -2.91. The molecule has 0 saturated carbocycles. The van der Waals surface area contributed by atoms with E-state index in [0.29, 0.717) is 24.5 Å². The average Bonchev–Trinajstić information content (AvgIpc) is 3.30. The van der Waals surface area contributed by atoms with Crippen LogP contribution in [-0.4, -0.2) is 50.9 Å². The normalized spacial score (nSPS) is 14.2. The van der Waals surface area contributed by atoms with Gasteiger partial charge in [0.05, 0.1) is 17.9 Å². The molecule has 1 aliphatic rings. The van der Waals surface area contributed by atoms with E-state index >= 15 is 0 Å². The number of ether oxygens (including phenoxy) is 2. The lowest BCUT2D eigenvalue weighted by Crippen LogP contribution is -2.28. The average molecular weight is 447 g/mol. The van der Waals surface area contributed by atoms with Gasteiger partial charge in [-0.05, 0) is 50.1 Å². The number of aryl methyl sites for hydroxylation is 1. The van der Waals surface area contributed by atoms with Crippen LogP contribution < -0.4 is 10.1 Å². The molecule has 1 N–H and O–H groups in total. The van der Waals surface area contributed by atoms with Crippen LogP contribution in [0.3, 0.4) is 0 Å². The largest absolute Gasteiger partial charge is 0.493 e. The summed E-state index contributed by atoms with van der Waals surface area (Å²) in [5.41, 5.74) is 1.43. The Morgan fingerprint density at radius 2 is 1.77 bits per heavy atom. The number of sulfonamides is 1. The zero-order valence-corrected chi connectivity index (χ0v) is 18.2. The third-order valence-corrected chi connectivity index (χ3v) is 6.68. The van der Waals surface area contributed by atoms with Gasteiger partial charge < -0.3 is 14.8 Å². The van der Waals surface area contributed by atoms with Gasteiger partial charge in [-0.3, -0.25) is 9.59 Å². The third-order valence-electron chi connectivity index (χ3n) is 4.78. The summed E-state index contributed by atoms with van der Waals surface area (Å²) in [6.45, 7) is 2.65. The highest BCUT2D eigenvalue weighted by Gasteiger charge is 2.27. The summed E-state index contributed by atoms with van der Waals surface area (Å²) in [5.74, 6) is -0.462. The molecule has 8 nitrogen and oxygen atoms in total. The number of anilines is 1. The molecule has 3 rings (SSSR count). The van der Waals surface area contributed by atoms with Gasteiger partial charge in [0, 0.05) is 18.8 Å². The van der Waals surface area contributed by atoms with E-state index in [-0.39, 0.29) is 17.9 Å². The van der Waals surface area contributed by atoms with E-state index < -0.39 is 28.5 Å². The number of nitrogens with one attached hydrogen (secondary N) is 1. The summed E-state index contributed by atoms with van der Waals surface area (Å²) in [7, 11) is -3.58. The van der Waals surface area contributed by atoms with E-state index in [1.165, 1.54) is 16.4 Å². The highest BCUT2D eigenvalue weighted by molar-refractivity contribution is 7.89. The van der Waals surface area contributed by atoms with Crippen molar-refractivity contribution in [1.82, 2.24) is 4.31 Å². The second kappa shape index (κ2) is 10.4. The Bertz CT molecular complexity index is 1010. The van der Waals surface area contributed by atoms with Crippen LogP contribution in [0.15, 0.2) is 53.4 Å². The number of hydrogen-bond acceptors (Lipinski definition) is 6. The van der Waals surface area contributed by atoms with Crippen LogP contribution in [0, 0.1) is 6.92 Å². The predicted octanol–water partition coefficient (Wildman–Crippen LogP) is 2.73. The fourth-order valence-corrected chi connectivity index (χ4v) is 4.68. The van der Waals surface area contributed by atoms with Gasteiger partial charge in [0.25, 0.3) is 5.91 Å². The van der Waals surface area contributed by atoms with E-state index in [2.05, 4.69) is 5.32 Å². The molecule has 2 aromatic carbocycles. The van der Waals surface area contributed by atoms with Crippen LogP contribution in [0.2, 0.25) is 0 Å². The molecule has 2 aromatic rings. The maximum atomic E-state index is 12.6. The minimum Gasteiger partial charge on any atom is -0.493 e. The molecule has 0 bridgehead atoms. The van der Waals surface area contributed by atoms with Crippen LogP contribution in [-0.2, 0) is 24.3 Å². The topological polar surface area (TPSA) is 102 Å². The van der Waals surface area contributed by atoms with Crippen molar-refractivity contribution >= 4 is 27.6 Å². The second-order valence-electron chi connectivity index (χ2n) is 7.26. The van der Waals surface area contributed by atoms with E-state index in [1.807, 2.05) is 31.2 Å². The summed E-state index contributed by atoms with van der Waals surface area (Å²) >= 11 is 0. The van der Waals surface area contributed by atoms with Crippen LogP contribution in [0.4, 0.5) is 5.69 Å². The zero-order valence-electron chi connectivity index (χ0n) is 17.4. The Kier molecular flexibility index (Phi) is 7.64. The molecule has 9 heteroatoms. The molecule has 1 amide bonds. The number of carbonyl (C=O) groups is 2. The van der Waals surface area contributed by atoms with Crippen LogP contribution in [0.5, 0.6) is 5.75 Å². The molecule has 0 unspecified atom stereocenters. The van der Waals surface area contributed by atoms with Crippen molar-refractivity contribution in [2.75, 3.05) is 31.6 Å². The highest BCUT2D eigenvalue weighted by atomic mass is 32.2. The Labute approximate surface area is 182 Å². The second-order valence-corrected chi connectivity index (χ2v) is 9.20. The first kappa shape index (κ1) is 22.8. The van der Waals surface area contributed by atoms with Crippen molar-refractivity contribution in [2.24, 2.45) is 0 Å². The molecule has 1 heterocycles. The summed E-state index contributed by atoms with van der Waals surface area (Å²) < 4.78 is 37.1. The maximum Gasteiger partial charge on any atom is 0.309 e. The summed E-state index contributed by atoms with van der Waals surface area (Å²) in [6.07, 6.45) is 1.69. The Morgan fingerprint density at radius 3 is 2.48 bits per heavy atom. The summed E-state index contributed by atoms with van der Waals surface area (Å²) in [4.78, 5) is 24.0. The van der Waals surface area contributed by atoms with E-state index in [1.54, 1.807) is 12.1 Å². The third kappa shape index (κ3) is 6.53. The number of hydrogen-bond donors (Lipinski definition) is 1. The van der Waals surface area contributed by atoms with Crippen molar-refractivity contribution in [3.8, 4) is 5.75 Å². The van der Waals surface area contributed by atoms with Crippen molar-refractivity contribution in [3.63, 3.8) is 0 Å². The molecule has 0 atom stereocenters. The standard InChI is InChI=1S/C22H26N2O6S/c1-17-7-9-19(10-8-17)29-14-11-22(26)30-16-21(25)23-18-5-4-6-20(15-18)31(27,28)24-12-2-3-13-24/h4-10,15H,2-3,11-14,16H2,1H3,(H,23,25). The van der Waals surface area contributed by atoms with Gasteiger partial charge in [-0.15, -0.1) is 0 Å². The molecule has 1 aliphatic heterocycles. The van der Waals surface area contributed by atoms with Crippen molar-refractivity contribution in [3.05, 3.63) is 54.1 Å². The number of nitrogens with zero attached hydrogens (tertiary/aromatic N) is 1. The molecule has 0 aromatic heterocycles. The molecule has 0 aliphatic carbocycles. The quantitative estimate of drug-likeness (QED) is 0.595. The minimum absolute atomic E-state index is 0.00468. The first-order chi connectivity index (χ1) is 14.8. The van der Waals surface area contributed by atoms with Crippen LogP contribution in [0.25, 0.3) is 0 Å². The Balaban J connectivity index is 1.44. The molecular formula is C22H26N2O6S. The first-order valence-corrected chi connectivity index (χ1v) is 11.5. The minimum atomic E-state index is -3.58. The monoisotopic (exact) mass is 446 g/mol. The molecule has 1 saturated heterocycles. The lowest BCUT2D eigenvalue weighted by atomic mass is 10.2. The van der Waals surface area contributed by atoms with Crippen molar-refractivity contribution in [1.29, 1.82) is 0 Å². The maximum absolute atomic E-state index is 12.6. The molecular weight excluding hydrogens is 420 g/mol. The van der Waals surface area contributed by atoms with E-state index in [9.17, 15) is 18.0 Å². The van der Waals surface area contributed by atoms with Gasteiger partial charge in [-0.2, -0.15) is 4.31 Å². The van der Waals surface area contributed by atoms with Gasteiger partial charge in [-0.1, -0.05) is 23.8 Å². The highest BCUT2D eigenvalue weighted by Crippen LogP contribution is 2.23. The lowest BCUT2D eigenvalue weighted by molar-refractivity contribution is -0.147. The number of carbonyl (C=O) groups excluding carboxylic acids is 2. The van der Waals surface area contributed by atoms with Gasteiger partial charge in [0.15, 0.2) is 6.61 Å². The van der Waals surface area contributed by atoms with Crippen LogP contribution in [0.1, 0.15) is 24.8 Å². The number of benzene rings is 2. The number of esters is 1. The van der Waals surface area contributed by atoms with Crippen LogP contribution >= 0.6 is 0 Å². The molecule has 0 spiro atoms. The lowest BCUT2D eigenvalue weighted by Gasteiger charge is -2.16. The fraction of sp³-hybridized carbons (Fsp3) is 0.364. The predicted molar refractivity (Wildman–Crippen MR) is 115 cm³/mol. The van der Waals surface area contributed by atoms with Crippen molar-refractivity contribution < 1.29 is 27.5 Å². The van der Waals surface area contributed by atoms with Gasteiger partial charge >= 0.3 is 5.97 Å². The SMILES string of the molecule is Cc1ccc(OCCC(=O)OCC(=O)Nc2cccc(S(=O)(=O)N3CCCC3)c2)cc1. The van der Waals surface area contributed by atoms with Gasteiger partial charge in [-0.25, -0.2) is 8.42 Å². The molecule has 1 fully saturated rings. The van der Waals surface area contributed by atoms with Crippen molar-refractivity contribution in [2.45, 2.75) is 31.1 Å². The molecule has 166 valence electrons. The molecule has 31 heavy (non-hydrogen) atoms.